The van der Waals surface area contributed by atoms with Gasteiger partial charge in [-0.3, -0.25) is 0 Å². The highest BCUT2D eigenvalue weighted by molar-refractivity contribution is 5.88. The first-order chi connectivity index (χ1) is 13.6. The summed E-state index contributed by atoms with van der Waals surface area (Å²) in [5.74, 6) is 1.16. The molecule has 0 aromatic carbocycles. The molecule has 4 nitrogen and oxygen atoms in total. The van der Waals surface area contributed by atoms with Crippen molar-refractivity contribution >= 4 is 11.9 Å². The molecule has 4 heteroatoms. The number of carboxylic acids is 1. The van der Waals surface area contributed by atoms with Crippen molar-refractivity contribution in [2.75, 3.05) is 0 Å². The van der Waals surface area contributed by atoms with Crippen LogP contribution in [0.1, 0.15) is 102 Å². The molecule has 0 saturated heterocycles. The molecule has 1 N–H and O–H groups in total. The van der Waals surface area contributed by atoms with Gasteiger partial charge in [-0.15, -0.1) is 0 Å². The Hall–Kier alpha value is -1.58. The molecule has 0 rings (SSSR count). The molecule has 0 heterocycles. The molecule has 0 radical (unpaired) electrons. The second kappa shape index (κ2) is 15.3. The van der Waals surface area contributed by atoms with Gasteiger partial charge >= 0.3 is 11.9 Å². The van der Waals surface area contributed by atoms with Crippen LogP contribution in [0, 0.1) is 23.7 Å². The van der Waals surface area contributed by atoms with Crippen LogP contribution in [0.4, 0.5) is 0 Å². The zero-order valence-electron chi connectivity index (χ0n) is 21.5. The largest absolute Gasteiger partial charge is 0.478 e. The lowest BCUT2D eigenvalue weighted by Crippen LogP contribution is -2.24. The molecular formula is C26H48O4. The molecular weight excluding hydrogens is 376 g/mol. The van der Waals surface area contributed by atoms with E-state index in [1.807, 2.05) is 39.8 Å². The summed E-state index contributed by atoms with van der Waals surface area (Å²) in [5, 5.41) is 8.65. The molecule has 0 saturated carbocycles. The third-order valence-corrected chi connectivity index (χ3v) is 5.07. The van der Waals surface area contributed by atoms with Gasteiger partial charge in [0.25, 0.3) is 0 Å². The Morgan fingerprint density at radius 3 is 1.50 bits per heavy atom. The lowest BCUT2D eigenvalue weighted by molar-refractivity contribution is -0.149. The summed E-state index contributed by atoms with van der Waals surface area (Å²) in [6.45, 7) is 22.2. The highest BCUT2D eigenvalue weighted by Gasteiger charge is 2.18. The van der Waals surface area contributed by atoms with Gasteiger partial charge < -0.3 is 9.84 Å². The Bertz CT molecular complexity index is 566. The summed E-state index contributed by atoms with van der Waals surface area (Å²) in [6.07, 6.45) is 8.40. The van der Waals surface area contributed by atoms with Crippen LogP contribution in [0.15, 0.2) is 23.3 Å². The number of ether oxygens (including phenoxy) is 1. The van der Waals surface area contributed by atoms with Crippen LogP contribution in [-0.2, 0) is 14.3 Å². The average molecular weight is 425 g/mol. The van der Waals surface area contributed by atoms with Gasteiger partial charge in [0.1, 0.15) is 5.60 Å². The Kier molecular flexibility index (Phi) is 15.6. The SMILES string of the molecule is CC[C@H](C)C[C@H](C)/C=C(\C)C(=O)O.CC[C@H](C)C[C@H](C)/C=C(\C)C(=O)OC(C)(C)C. The van der Waals surface area contributed by atoms with E-state index in [0.29, 0.717) is 29.2 Å². The number of allylic oxidation sites excluding steroid dienone is 2. The van der Waals surface area contributed by atoms with Crippen molar-refractivity contribution in [1.82, 2.24) is 0 Å². The zero-order valence-corrected chi connectivity index (χ0v) is 21.5. The van der Waals surface area contributed by atoms with Gasteiger partial charge in [0, 0.05) is 11.1 Å². The van der Waals surface area contributed by atoms with E-state index in [4.69, 9.17) is 9.84 Å². The molecule has 4 atom stereocenters. The number of rotatable bonds is 10. The summed E-state index contributed by atoms with van der Waals surface area (Å²) in [4.78, 5) is 22.3. The minimum atomic E-state index is -0.809. The van der Waals surface area contributed by atoms with E-state index in [1.54, 1.807) is 6.92 Å². The molecule has 0 unspecified atom stereocenters. The van der Waals surface area contributed by atoms with E-state index >= 15 is 0 Å². The van der Waals surface area contributed by atoms with Crippen molar-refractivity contribution in [2.45, 2.75) is 107 Å². The standard InChI is InChI=1S/C15H28O2.C11H20O2/c1-8-11(2)9-12(3)10-13(4)14(16)17-15(5,6)7;1-5-8(2)6-9(3)7-10(4)11(12)13/h10-12H,8-9H2,1-7H3;7-9H,5-6H2,1-4H3,(H,12,13)/b13-10+;10-7+/t11-,12-;8-,9-/m00/s1. The van der Waals surface area contributed by atoms with Crippen LogP contribution in [0.2, 0.25) is 0 Å². The second-order valence-electron chi connectivity index (χ2n) is 9.96. The number of esters is 1. The van der Waals surface area contributed by atoms with Crippen LogP contribution in [0.3, 0.4) is 0 Å². The third-order valence-electron chi connectivity index (χ3n) is 5.07. The van der Waals surface area contributed by atoms with Crippen molar-refractivity contribution in [3.63, 3.8) is 0 Å². The summed E-state index contributed by atoms with van der Waals surface area (Å²) in [6, 6.07) is 0. The molecule has 0 aliphatic heterocycles. The van der Waals surface area contributed by atoms with Crippen molar-refractivity contribution in [3.8, 4) is 0 Å². The predicted octanol–water partition coefficient (Wildman–Crippen LogP) is 7.44. The fourth-order valence-electron chi connectivity index (χ4n) is 3.09. The fourth-order valence-corrected chi connectivity index (χ4v) is 3.09. The second-order valence-corrected chi connectivity index (χ2v) is 9.96. The van der Waals surface area contributed by atoms with Crippen molar-refractivity contribution in [3.05, 3.63) is 23.3 Å². The van der Waals surface area contributed by atoms with Gasteiger partial charge in [0.15, 0.2) is 0 Å². The minimum Gasteiger partial charge on any atom is -0.478 e. The number of hydrogen-bond acceptors (Lipinski definition) is 3. The minimum absolute atomic E-state index is 0.200. The quantitative estimate of drug-likeness (QED) is 0.292. The monoisotopic (exact) mass is 424 g/mol. The first-order valence-electron chi connectivity index (χ1n) is 11.5. The lowest BCUT2D eigenvalue weighted by Gasteiger charge is -2.20. The van der Waals surface area contributed by atoms with Gasteiger partial charge in [0.2, 0.25) is 0 Å². The molecule has 176 valence electrons. The number of carbonyl (C=O) groups excluding carboxylic acids is 1. The van der Waals surface area contributed by atoms with Crippen LogP contribution in [0.25, 0.3) is 0 Å². The molecule has 0 aromatic rings. The lowest BCUT2D eigenvalue weighted by atomic mass is 9.94. The molecule has 0 aromatic heterocycles. The summed E-state index contributed by atoms with van der Waals surface area (Å²) in [7, 11) is 0. The summed E-state index contributed by atoms with van der Waals surface area (Å²) in [5.41, 5.74) is 0.762. The molecule has 30 heavy (non-hydrogen) atoms. The highest BCUT2D eigenvalue weighted by Crippen LogP contribution is 2.19. The van der Waals surface area contributed by atoms with Crippen molar-refractivity contribution < 1.29 is 19.4 Å². The van der Waals surface area contributed by atoms with Crippen molar-refractivity contribution in [1.29, 1.82) is 0 Å². The maximum Gasteiger partial charge on any atom is 0.333 e. The molecule has 0 fully saturated rings. The summed E-state index contributed by atoms with van der Waals surface area (Å²) >= 11 is 0. The van der Waals surface area contributed by atoms with Gasteiger partial charge in [-0.1, -0.05) is 66.5 Å². The Labute approximate surface area is 186 Å². The number of hydrogen-bond donors (Lipinski definition) is 1. The maximum absolute atomic E-state index is 11.8. The van der Waals surface area contributed by atoms with Crippen molar-refractivity contribution in [2.24, 2.45) is 23.7 Å². The van der Waals surface area contributed by atoms with Crippen LogP contribution in [-0.4, -0.2) is 22.6 Å². The highest BCUT2D eigenvalue weighted by atomic mass is 16.6. The Morgan fingerprint density at radius 2 is 1.20 bits per heavy atom. The molecule has 0 aliphatic carbocycles. The Balaban J connectivity index is 0. The molecule has 0 amide bonds. The summed E-state index contributed by atoms with van der Waals surface area (Å²) < 4.78 is 5.32. The van der Waals surface area contributed by atoms with E-state index in [2.05, 4.69) is 41.5 Å². The number of carboxylic acid groups (broad SMARTS) is 1. The number of carbonyl (C=O) groups is 2. The molecule has 0 bridgehead atoms. The third kappa shape index (κ3) is 17.3. The van der Waals surface area contributed by atoms with Crippen LogP contribution >= 0.6 is 0 Å². The van der Waals surface area contributed by atoms with Gasteiger partial charge in [-0.2, -0.15) is 0 Å². The predicted molar refractivity (Wildman–Crippen MR) is 127 cm³/mol. The molecule has 0 aliphatic rings. The van der Waals surface area contributed by atoms with E-state index in [0.717, 1.165) is 24.8 Å². The van der Waals surface area contributed by atoms with E-state index in [1.165, 1.54) is 6.42 Å². The smallest absolute Gasteiger partial charge is 0.333 e. The van der Waals surface area contributed by atoms with E-state index in [-0.39, 0.29) is 5.97 Å². The van der Waals surface area contributed by atoms with Gasteiger partial charge in [-0.25, -0.2) is 9.59 Å². The fraction of sp³-hybridized carbons (Fsp3) is 0.769. The zero-order chi connectivity index (χ0) is 24.1. The van der Waals surface area contributed by atoms with E-state index < -0.39 is 11.6 Å². The number of aliphatic carboxylic acids is 1. The maximum atomic E-state index is 11.8. The first kappa shape index (κ1) is 30.6. The van der Waals surface area contributed by atoms with Gasteiger partial charge in [-0.05, 0) is 71.1 Å². The molecule has 0 spiro atoms. The first-order valence-corrected chi connectivity index (χ1v) is 11.5. The van der Waals surface area contributed by atoms with Crippen LogP contribution in [0.5, 0.6) is 0 Å². The average Bonchev–Trinajstić information content (AvgIpc) is 2.59. The van der Waals surface area contributed by atoms with Crippen LogP contribution < -0.4 is 0 Å². The van der Waals surface area contributed by atoms with E-state index in [9.17, 15) is 9.59 Å². The topological polar surface area (TPSA) is 63.6 Å². The Morgan fingerprint density at radius 1 is 0.833 bits per heavy atom. The van der Waals surface area contributed by atoms with Gasteiger partial charge in [0.05, 0.1) is 0 Å². The normalized spacial score (nSPS) is 16.6.